The zero-order valence-corrected chi connectivity index (χ0v) is 10.5. The molecular formula is C12H12BrN3. The highest BCUT2D eigenvalue weighted by Gasteiger charge is 1.96. The number of hydrogen-bond donors (Lipinski definition) is 1. The van der Waals surface area contributed by atoms with Gasteiger partial charge in [-0.1, -0.05) is 6.07 Å². The Morgan fingerprint density at radius 3 is 2.81 bits per heavy atom. The van der Waals surface area contributed by atoms with Gasteiger partial charge >= 0.3 is 0 Å². The SMILES string of the molecule is Cc1cccc(CNc2ccc(Br)cn2)n1. The summed E-state index contributed by atoms with van der Waals surface area (Å²) in [5, 5.41) is 3.22. The number of nitrogens with zero attached hydrogens (tertiary/aromatic N) is 2. The highest BCUT2D eigenvalue weighted by atomic mass is 79.9. The number of rotatable bonds is 3. The second kappa shape index (κ2) is 5.07. The van der Waals surface area contributed by atoms with Gasteiger partial charge in [0.15, 0.2) is 0 Å². The van der Waals surface area contributed by atoms with Gasteiger partial charge in [0, 0.05) is 16.4 Å². The quantitative estimate of drug-likeness (QED) is 0.937. The summed E-state index contributed by atoms with van der Waals surface area (Å²) in [5.74, 6) is 0.853. The molecule has 0 saturated heterocycles. The van der Waals surface area contributed by atoms with E-state index in [-0.39, 0.29) is 0 Å². The molecule has 4 heteroatoms. The van der Waals surface area contributed by atoms with Gasteiger partial charge in [0.25, 0.3) is 0 Å². The third kappa shape index (κ3) is 3.03. The maximum Gasteiger partial charge on any atom is 0.126 e. The second-order valence-electron chi connectivity index (χ2n) is 3.49. The largest absolute Gasteiger partial charge is 0.364 e. The first kappa shape index (κ1) is 11.1. The molecule has 82 valence electrons. The number of aryl methyl sites for hydroxylation is 1. The van der Waals surface area contributed by atoms with Crippen molar-refractivity contribution in [3.8, 4) is 0 Å². The summed E-state index contributed by atoms with van der Waals surface area (Å²) in [6.07, 6.45) is 1.77. The van der Waals surface area contributed by atoms with Gasteiger partial charge in [0.2, 0.25) is 0 Å². The lowest BCUT2D eigenvalue weighted by Crippen LogP contribution is -2.03. The molecule has 0 unspecified atom stereocenters. The van der Waals surface area contributed by atoms with Crippen LogP contribution in [0.2, 0.25) is 0 Å². The van der Waals surface area contributed by atoms with E-state index in [1.165, 1.54) is 0 Å². The van der Waals surface area contributed by atoms with Crippen LogP contribution in [0.4, 0.5) is 5.82 Å². The molecule has 0 aliphatic carbocycles. The van der Waals surface area contributed by atoms with Crippen LogP contribution >= 0.6 is 15.9 Å². The van der Waals surface area contributed by atoms with E-state index in [4.69, 9.17) is 0 Å². The molecule has 1 N–H and O–H groups in total. The number of aromatic nitrogens is 2. The molecule has 0 spiro atoms. The molecule has 2 aromatic rings. The highest BCUT2D eigenvalue weighted by Crippen LogP contribution is 2.11. The van der Waals surface area contributed by atoms with Crippen molar-refractivity contribution in [3.63, 3.8) is 0 Å². The van der Waals surface area contributed by atoms with Gasteiger partial charge in [-0.3, -0.25) is 4.98 Å². The summed E-state index contributed by atoms with van der Waals surface area (Å²) in [5.41, 5.74) is 2.05. The molecule has 0 aliphatic rings. The number of anilines is 1. The first-order valence-corrected chi connectivity index (χ1v) is 5.81. The Morgan fingerprint density at radius 1 is 1.25 bits per heavy atom. The molecule has 0 aliphatic heterocycles. The Kier molecular flexibility index (Phi) is 3.51. The van der Waals surface area contributed by atoms with Gasteiger partial charge in [0.05, 0.1) is 12.2 Å². The fourth-order valence-electron chi connectivity index (χ4n) is 1.36. The molecule has 16 heavy (non-hydrogen) atoms. The molecule has 0 amide bonds. The molecule has 0 fully saturated rings. The minimum atomic E-state index is 0.691. The fourth-order valence-corrected chi connectivity index (χ4v) is 1.59. The van der Waals surface area contributed by atoms with Gasteiger partial charge in [-0.05, 0) is 47.1 Å². The Labute approximate surface area is 103 Å². The molecule has 0 radical (unpaired) electrons. The van der Waals surface area contributed by atoms with Crippen molar-refractivity contribution in [1.29, 1.82) is 0 Å². The molecule has 2 rings (SSSR count). The maximum absolute atomic E-state index is 4.41. The Hall–Kier alpha value is -1.42. The van der Waals surface area contributed by atoms with E-state index in [1.54, 1.807) is 6.20 Å². The number of halogens is 1. The minimum absolute atomic E-state index is 0.691. The monoisotopic (exact) mass is 277 g/mol. The van der Waals surface area contributed by atoms with Crippen molar-refractivity contribution in [2.24, 2.45) is 0 Å². The van der Waals surface area contributed by atoms with Crippen LogP contribution in [-0.2, 0) is 6.54 Å². The average Bonchev–Trinajstić information content (AvgIpc) is 2.28. The summed E-state index contributed by atoms with van der Waals surface area (Å²) >= 11 is 3.35. The van der Waals surface area contributed by atoms with Gasteiger partial charge in [0.1, 0.15) is 5.82 Å². The summed E-state index contributed by atoms with van der Waals surface area (Å²) in [7, 11) is 0. The molecule has 3 nitrogen and oxygen atoms in total. The molecular weight excluding hydrogens is 266 g/mol. The number of pyridine rings is 2. The summed E-state index contributed by atoms with van der Waals surface area (Å²) in [6, 6.07) is 9.88. The van der Waals surface area contributed by atoms with Crippen LogP contribution in [0.1, 0.15) is 11.4 Å². The summed E-state index contributed by atoms with van der Waals surface area (Å²) < 4.78 is 0.978. The van der Waals surface area contributed by atoms with Gasteiger partial charge < -0.3 is 5.32 Å². The zero-order chi connectivity index (χ0) is 11.4. The average molecular weight is 278 g/mol. The van der Waals surface area contributed by atoms with E-state index in [0.717, 1.165) is 21.7 Å². The van der Waals surface area contributed by atoms with E-state index in [1.807, 2.05) is 37.3 Å². The van der Waals surface area contributed by atoms with Gasteiger partial charge in [-0.25, -0.2) is 4.98 Å². The van der Waals surface area contributed by atoms with Crippen molar-refractivity contribution in [2.75, 3.05) is 5.32 Å². The van der Waals surface area contributed by atoms with Gasteiger partial charge in [-0.2, -0.15) is 0 Å². The topological polar surface area (TPSA) is 37.8 Å². The predicted molar refractivity (Wildman–Crippen MR) is 68.2 cm³/mol. The van der Waals surface area contributed by atoms with Crippen LogP contribution in [0, 0.1) is 6.92 Å². The van der Waals surface area contributed by atoms with E-state index in [2.05, 4.69) is 31.2 Å². The Morgan fingerprint density at radius 2 is 2.12 bits per heavy atom. The molecule has 2 heterocycles. The van der Waals surface area contributed by atoms with Crippen LogP contribution in [-0.4, -0.2) is 9.97 Å². The van der Waals surface area contributed by atoms with E-state index < -0.39 is 0 Å². The Balaban J connectivity index is 1.99. The number of nitrogens with one attached hydrogen (secondary N) is 1. The third-order valence-electron chi connectivity index (χ3n) is 2.12. The molecule has 2 aromatic heterocycles. The van der Waals surface area contributed by atoms with Crippen LogP contribution in [0.5, 0.6) is 0 Å². The first-order valence-electron chi connectivity index (χ1n) is 5.02. The van der Waals surface area contributed by atoms with Gasteiger partial charge in [-0.15, -0.1) is 0 Å². The Bertz CT molecular complexity index is 468. The van der Waals surface area contributed by atoms with Crippen molar-refractivity contribution < 1.29 is 0 Å². The standard InChI is InChI=1S/C12H12BrN3/c1-9-3-2-4-11(16-9)8-15-12-6-5-10(13)7-14-12/h2-7H,8H2,1H3,(H,14,15). The van der Waals surface area contributed by atoms with E-state index in [0.29, 0.717) is 6.54 Å². The zero-order valence-electron chi connectivity index (χ0n) is 8.94. The molecule has 0 aromatic carbocycles. The third-order valence-corrected chi connectivity index (χ3v) is 2.59. The van der Waals surface area contributed by atoms with Crippen molar-refractivity contribution >= 4 is 21.7 Å². The second-order valence-corrected chi connectivity index (χ2v) is 4.40. The van der Waals surface area contributed by atoms with Crippen molar-refractivity contribution in [3.05, 3.63) is 52.4 Å². The summed E-state index contributed by atoms with van der Waals surface area (Å²) in [4.78, 5) is 8.64. The summed E-state index contributed by atoms with van der Waals surface area (Å²) in [6.45, 7) is 2.68. The molecule has 0 bridgehead atoms. The highest BCUT2D eigenvalue weighted by molar-refractivity contribution is 9.10. The smallest absolute Gasteiger partial charge is 0.126 e. The number of hydrogen-bond acceptors (Lipinski definition) is 3. The normalized spacial score (nSPS) is 10.1. The van der Waals surface area contributed by atoms with Crippen LogP contribution < -0.4 is 5.32 Å². The predicted octanol–water partition coefficient (Wildman–Crippen LogP) is 3.16. The van der Waals surface area contributed by atoms with Crippen LogP contribution in [0.3, 0.4) is 0 Å². The molecule has 0 atom stereocenters. The van der Waals surface area contributed by atoms with E-state index in [9.17, 15) is 0 Å². The maximum atomic E-state index is 4.41. The van der Waals surface area contributed by atoms with Crippen LogP contribution in [0.15, 0.2) is 41.0 Å². The fraction of sp³-hybridized carbons (Fsp3) is 0.167. The van der Waals surface area contributed by atoms with Crippen molar-refractivity contribution in [2.45, 2.75) is 13.5 Å². The lowest BCUT2D eigenvalue weighted by Gasteiger charge is -2.05. The van der Waals surface area contributed by atoms with E-state index >= 15 is 0 Å². The first-order chi connectivity index (χ1) is 7.74. The van der Waals surface area contributed by atoms with Crippen molar-refractivity contribution in [1.82, 2.24) is 9.97 Å². The molecule has 0 saturated carbocycles. The lowest BCUT2D eigenvalue weighted by molar-refractivity contribution is 1.00. The minimum Gasteiger partial charge on any atom is -0.364 e. The lowest BCUT2D eigenvalue weighted by atomic mass is 10.3. The van der Waals surface area contributed by atoms with Crippen LogP contribution in [0.25, 0.3) is 0 Å².